The molecule has 0 radical (unpaired) electrons. The number of hydrogen-bond donors (Lipinski definition) is 0. The Morgan fingerprint density at radius 1 is 0.452 bits per heavy atom. The summed E-state index contributed by atoms with van der Waals surface area (Å²) in [5.74, 6) is 0. The second-order valence-electron chi connectivity index (χ2n) is 12.5. The van der Waals surface area contributed by atoms with Gasteiger partial charge in [0.25, 0.3) is 0 Å². The lowest BCUT2D eigenvalue weighted by Gasteiger charge is -2.19. The maximum Gasteiger partial charge on any atom is 0.187 e. The molecule has 0 atom stereocenters. The summed E-state index contributed by atoms with van der Waals surface area (Å²) < 4.78 is 22.5. The van der Waals surface area contributed by atoms with Crippen molar-refractivity contribution in [3.8, 4) is 0 Å². The van der Waals surface area contributed by atoms with Crippen molar-refractivity contribution in [2.45, 2.75) is 206 Å². The first-order chi connectivity index (χ1) is 20.8. The van der Waals surface area contributed by atoms with Crippen LogP contribution in [0.1, 0.15) is 200 Å². The zero-order valence-electron chi connectivity index (χ0n) is 29.0. The highest BCUT2D eigenvalue weighted by molar-refractivity contribution is 4.72. The van der Waals surface area contributed by atoms with Gasteiger partial charge in [0.1, 0.15) is 0 Å². The van der Waals surface area contributed by atoms with Crippen molar-refractivity contribution in [1.82, 2.24) is 0 Å². The Morgan fingerprint density at radius 3 is 1.26 bits per heavy atom. The molecule has 0 N–H and O–H groups in total. The molecule has 0 aliphatic heterocycles. The largest absolute Gasteiger partial charge is 0.476 e. The quantitative estimate of drug-likeness (QED) is 0.0406. The molecule has 0 bridgehead atoms. The zero-order chi connectivity index (χ0) is 30.4. The van der Waals surface area contributed by atoms with Crippen molar-refractivity contribution >= 4 is 0 Å². The number of methoxy groups -OCH3 is 1. The Kier molecular flexibility index (Phi) is 37.9. The van der Waals surface area contributed by atoms with Crippen molar-refractivity contribution in [3.63, 3.8) is 0 Å². The SMILES string of the molecule is CCCCCCCCCCOC(CCCCCCCCCCCCCC=COCOC)OCCCCCCCCCC. The molecule has 0 fully saturated rings. The zero-order valence-corrected chi connectivity index (χ0v) is 29.0. The van der Waals surface area contributed by atoms with Crippen LogP contribution < -0.4 is 0 Å². The smallest absolute Gasteiger partial charge is 0.187 e. The highest BCUT2D eigenvalue weighted by Crippen LogP contribution is 2.16. The number of unbranched alkanes of at least 4 members (excludes halogenated alkanes) is 25. The van der Waals surface area contributed by atoms with E-state index in [2.05, 4.69) is 19.9 Å². The van der Waals surface area contributed by atoms with E-state index in [0.29, 0.717) is 6.79 Å². The highest BCUT2D eigenvalue weighted by atomic mass is 16.7. The average Bonchev–Trinajstić information content (AvgIpc) is 3.00. The fourth-order valence-corrected chi connectivity index (χ4v) is 5.52. The molecule has 4 nitrogen and oxygen atoms in total. The van der Waals surface area contributed by atoms with Gasteiger partial charge in [0.15, 0.2) is 13.1 Å². The van der Waals surface area contributed by atoms with Crippen molar-refractivity contribution in [2.24, 2.45) is 0 Å². The molecule has 0 spiro atoms. The highest BCUT2D eigenvalue weighted by Gasteiger charge is 2.09. The van der Waals surface area contributed by atoms with Gasteiger partial charge in [0, 0.05) is 20.3 Å². The van der Waals surface area contributed by atoms with Crippen molar-refractivity contribution in [3.05, 3.63) is 12.3 Å². The van der Waals surface area contributed by atoms with Gasteiger partial charge in [-0.1, -0.05) is 162 Å². The van der Waals surface area contributed by atoms with Crippen LogP contribution in [0.25, 0.3) is 0 Å². The summed E-state index contributed by atoms with van der Waals surface area (Å²) in [4.78, 5) is 0. The van der Waals surface area contributed by atoms with Crippen molar-refractivity contribution < 1.29 is 18.9 Å². The molecular weight excluding hydrogens is 520 g/mol. The summed E-state index contributed by atoms with van der Waals surface area (Å²) in [5.41, 5.74) is 0. The van der Waals surface area contributed by atoms with E-state index in [1.807, 2.05) is 0 Å². The molecule has 0 aromatic heterocycles. The van der Waals surface area contributed by atoms with Crippen molar-refractivity contribution in [2.75, 3.05) is 27.1 Å². The Morgan fingerprint density at radius 2 is 0.833 bits per heavy atom. The summed E-state index contributed by atoms with van der Waals surface area (Å²) in [6, 6.07) is 0. The van der Waals surface area contributed by atoms with Gasteiger partial charge in [-0.15, -0.1) is 0 Å². The van der Waals surface area contributed by atoms with Crippen molar-refractivity contribution in [1.29, 1.82) is 0 Å². The van der Waals surface area contributed by atoms with E-state index >= 15 is 0 Å². The molecule has 0 saturated heterocycles. The Labute approximate surface area is 264 Å². The third-order valence-corrected chi connectivity index (χ3v) is 8.29. The predicted octanol–water partition coefficient (Wildman–Crippen LogP) is 12.8. The van der Waals surface area contributed by atoms with Gasteiger partial charge in [0.05, 0.1) is 6.26 Å². The van der Waals surface area contributed by atoms with Crippen LogP contribution in [0.4, 0.5) is 0 Å². The lowest BCUT2D eigenvalue weighted by molar-refractivity contribution is -0.148. The van der Waals surface area contributed by atoms with Crippen LogP contribution in [0.3, 0.4) is 0 Å². The van der Waals surface area contributed by atoms with E-state index in [1.165, 1.54) is 173 Å². The summed E-state index contributed by atoms with van der Waals surface area (Å²) in [6.07, 6.45) is 42.5. The lowest BCUT2D eigenvalue weighted by Crippen LogP contribution is -2.19. The Balaban J connectivity index is 3.81. The second-order valence-corrected chi connectivity index (χ2v) is 12.5. The third-order valence-electron chi connectivity index (χ3n) is 8.29. The number of rotatable bonds is 37. The van der Waals surface area contributed by atoms with Crippen LogP contribution in [-0.2, 0) is 18.9 Å². The summed E-state index contributed by atoms with van der Waals surface area (Å²) >= 11 is 0. The minimum absolute atomic E-state index is 0.0208. The molecule has 42 heavy (non-hydrogen) atoms. The van der Waals surface area contributed by atoms with Crippen LogP contribution >= 0.6 is 0 Å². The molecule has 0 aromatic carbocycles. The molecule has 0 saturated carbocycles. The predicted molar refractivity (Wildman–Crippen MR) is 183 cm³/mol. The van der Waals surface area contributed by atoms with Crippen LogP contribution in [-0.4, -0.2) is 33.4 Å². The van der Waals surface area contributed by atoms with Gasteiger partial charge in [-0.05, 0) is 44.6 Å². The maximum absolute atomic E-state index is 6.25. The van der Waals surface area contributed by atoms with Crippen LogP contribution in [0.15, 0.2) is 12.3 Å². The fraction of sp³-hybridized carbons (Fsp3) is 0.947. The lowest BCUT2D eigenvalue weighted by atomic mass is 10.0. The Bertz CT molecular complexity index is 473. The summed E-state index contributed by atoms with van der Waals surface area (Å²) in [5, 5.41) is 0. The Hall–Kier alpha value is -0.580. The standard InChI is InChI=1S/C38H76O4/c1-4-6-8-10-12-23-27-31-35-41-38(42-36-32-28-24-13-11-9-7-5-2)33-29-25-21-19-17-15-14-16-18-20-22-26-30-34-40-37-39-3/h30,34,38H,4-29,31-33,35-37H2,1-3H3. The van der Waals surface area contributed by atoms with Gasteiger partial charge >= 0.3 is 0 Å². The van der Waals surface area contributed by atoms with Crippen LogP contribution in [0.5, 0.6) is 0 Å². The topological polar surface area (TPSA) is 36.9 Å². The van der Waals surface area contributed by atoms with E-state index in [-0.39, 0.29) is 6.29 Å². The fourth-order valence-electron chi connectivity index (χ4n) is 5.52. The minimum Gasteiger partial charge on any atom is -0.476 e. The van der Waals surface area contributed by atoms with Crippen LogP contribution in [0.2, 0.25) is 0 Å². The third kappa shape index (κ3) is 35.6. The van der Waals surface area contributed by atoms with E-state index < -0.39 is 0 Å². The van der Waals surface area contributed by atoms with Gasteiger partial charge in [0.2, 0.25) is 0 Å². The van der Waals surface area contributed by atoms with Gasteiger partial charge < -0.3 is 18.9 Å². The maximum atomic E-state index is 6.25. The normalized spacial score (nSPS) is 11.8. The summed E-state index contributed by atoms with van der Waals surface area (Å²) in [6.45, 7) is 6.67. The molecule has 0 aliphatic rings. The van der Waals surface area contributed by atoms with Gasteiger partial charge in [-0.3, -0.25) is 0 Å². The number of hydrogen-bond acceptors (Lipinski definition) is 4. The minimum atomic E-state index is 0.0208. The number of ether oxygens (including phenoxy) is 4. The molecule has 0 rings (SSSR count). The van der Waals surface area contributed by atoms with E-state index in [0.717, 1.165) is 26.1 Å². The molecular formula is C38H76O4. The molecule has 0 aliphatic carbocycles. The van der Waals surface area contributed by atoms with Crippen LogP contribution in [0, 0.1) is 0 Å². The van der Waals surface area contributed by atoms with Gasteiger partial charge in [-0.25, -0.2) is 0 Å². The summed E-state index contributed by atoms with van der Waals surface area (Å²) in [7, 11) is 1.65. The van der Waals surface area contributed by atoms with E-state index in [4.69, 9.17) is 18.9 Å². The first kappa shape index (κ1) is 41.4. The monoisotopic (exact) mass is 597 g/mol. The molecule has 0 aromatic rings. The van der Waals surface area contributed by atoms with E-state index in [9.17, 15) is 0 Å². The van der Waals surface area contributed by atoms with Gasteiger partial charge in [-0.2, -0.15) is 0 Å². The molecule has 4 heteroatoms. The second kappa shape index (κ2) is 38.4. The molecule has 0 amide bonds. The number of allylic oxidation sites excluding steroid dienone is 1. The molecule has 252 valence electrons. The van der Waals surface area contributed by atoms with E-state index in [1.54, 1.807) is 13.4 Å². The first-order valence-electron chi connectivity index (χ1n) is 18.8. The molecule has 0 heterocycles. The molecule has 0 unspecified atom stereocenters. The first-order valence-corrected chi connectivity index (χ1v) is 18.8. The average molecular weight is 597 g/mol.